The van der Waals surface area contributed by atoms with Crippen molar-refractivity contribution in [3.8, 4) is 0 Å². The van der Waals surface area contributed by atoms with Crippen LogP contribution in [0.15, 0.2) is 24.5 Å². The number of unbranched alkanes of at least 4 members (excludes halogenated alkanes) is 2. The minimum Gasteiger partial charge on any atom is -0.396 e. The Balaban J connectivity index is 0.719. The number of carbonyl (C=O) groups is 3. The highest BCUT2D eigenvalue weighted by Gasteiger charge is 2.42. The van der Waals surface area contributed by atoms with Crippen LogP contribution < -0.4 is 26.6 Å². The molecule has 0 saturated carbocycles. The number of anilines is 2. The van der Waals surface area contributed by atoms with Crippen LogP contribution in [0.25, 0.3) is 11.2 Å². The van der Waals surface area contributed by atoms with Gasteiger partial charge in [0.2, 0.25) is 11.8 Å². The number of rotatable bonds is 46. The molecule has 25 nitrogen and oxygen atoms in total. The molecular weight excluding hydrogens is 1060 g/mol. The van der Waals surface area contributed by atoms with Gasteiger partial charge in [-0.1, -0.05) is 37.9 Å². The molecular formula is C51H82ClN9O16S. The lowest BCUT2D eigenvalue weighted by molar-refractivity contribution is -0.372. The van der Waals surface area contributed by atoms with Crippen molar-refractivity contribution in [2.45, 2.75) is 109 Å². The number of aromatic nitrogens is 4. The SMILES string of the molecule is CC(C)[C@H](CO)Cc1nc(Nc2ccc(CCCCNC(=O)CCOCCOOCCOOCCOOCCOOCCOOCCOCCNC(=O)CCCCC3SCC4NC(=O)NC43)c(Cl)c2)c2ncn(C(C)C)c2n1. The number of nitrogens with one attached hydrogen (secondary N) is 5. The molecule has 440 valence electrons. The van der Waals surface area contributed by atoms with Gasteiger partial charge in [-0.2, -0.15) is 11.8 Å². The zero-order valence-electron chi connectivity index (χ0n) is 45.5. The average molecular weight is 1140 g/mol. The Kier molecular flexibility index (Phi) is 32.0. The Morgan fingerprint density at radius 2 is 1.35 bits per heavy atom. The number of hydrogen-bond donors (Lipinski definition) is 6. The molecule has 0 bridgehead atoms. The Bertz CT molecular complexity index is 2170. The molecule has 4 heterocycles. The van der Waals surface area contributed by atoms with Gasteiger partial charge in [-0.15, -0.1) is 0 Å². The number of aliphatic hydroxyl groups is 1. The van der Waals surface area contributed by atoms with E-state index in [0.717, 1.165) is 61.2 Å². The monoisotopic (exact) mass is 1140 g/mol. The minimum atomic E-state index is -0.0937. The summed E-state index contributed by atoms with van der Waals surface area (Å²) in [4.78, 5) is 100.0. The highest BCUT2D eigenvalue weighted by Crippen LogP contribution is 2.33. The van der Waals surface area contributed by atoms with Crippen LogP contribution in [0, 0.1) is 11.8 Å². The number of aliphatic hydroxyl groups excluding tert-OH is 1. The number of carbonyl (C=O) groups excluding carboxylic acids is 3. The second kappa shape index (κ2) is 38.5. The number of urea groups is 1. The normalized spacial score (nSPS) is 16.5. The fraction of sp³-hybridized carbons (Fsp3) is 0.725. The summed E-state index contributed by atoms with van der Waals surface area (Å²) in [5.41, 5.74) is 3.19. The van der Waals surface area contributed by atoms with Crippen LogP contribution in [0.5, 0.6) is 0 Å². The first kappa shape index (κ1) is 64.7. The molecule has 2 aromatic heterocycles. The quantitative estimate of drug-likeness (QED) is 0.0187. The molecule has 27 heteroatoms. The van der Waals surface area contributed by atoms with Crippen LogP contribution in [-0.4, -0.2) is 178 Å². The Morgan fingerprint density at radius 3 is 1.95 bits per heavy atom. The summed E-state index contributed by atoms with van der Waals surface area (Å²) in [5.74, 6) is 2.39. The summed E-state index contributed by atoms with van der Waals surface area (Å²) in [7, 11) is 0. The van der Waals surface area contributed by atoms with E-state index in [1.165, 1.54) is 0 Å². The minimum absolute atomic E-state index is 0.00118. The first-order chi connectivity index (χ1) is 38.0. The van der Waals surface area contributed by atoms with Crippen molar-refractivity contribution in [3.63, 3.8) is 0 Å². The smallest absolute Gasteiger partial charge is 0.315 e. The Hall–Kier alpha value is -4.10. The van der Waals surface area contributed by atoms with Crippen LogP contribution in [0.2, 0.25) is 5.02 Å². The molecule has 4 amide bonds. The van der Waals surface area contributed by atoms with E-state index < -0.39 is 0 Å². The van der Waals surface area contributed by atoms with Crippen LogP contribution in [0.1, 0.15) is 90.1 Å². The summed E-state index contributed by atoms with van der Waals surface area (Å²) in [6, 6.07) is 6.35. The maximum absolute atomic E-state index is 12.3. The molecule has 0 radical (unpaired) electrons. The number of ether oxygens (including phenoxy) is 2. The second-order valence-corrected chi connectivity index (χ2v) is 20.6. The van der Waals surface area contributed by atoms with Gasteiger partial charge in [0, 0.05) is 66.7 Å². The number of halogens is 1. The lowest BCUT2D eigenvalue weighted by Gasteiger charge is -2.18. The predicted octanol–water partition coefficient (Wildman–Crippen LogP) is 5.06. The van der Waals surface area contributed by atoms with Crippen LogP contribution in [-0.2, 0) is 80.8 Å². The Morgan fingerprint density at radius 1 is 0.744 bits per heavy atom. The summed E-state index contributed by atoms with van der Waals surface area (Å²) >= 11 is 8.61. The molecule has 78 heavy (non-hydrogen) atoms. The number of thioether (sulfide) groups is 1. The molecule has 5 rings (SSSR count). The van der Waals surface area contributed by atoms with Crippen molar-refractivity contribution in [2.24, 2.45) is 11.8 Å². The van der Waals surface area contributed by atoms with E-state index in [4.69, 9.17) is 79.9 Å². The van der Waals surface area contributed by atoms with Gasteiger partial charge in [-0.25, -0.2) is 68.6 Å². The number of aryl methyl sites for hydroxylation is 1. The van der Waals surface area contributed by atoms with Gasteiger partial charge in [0.1, 0.15) is 71.9 Å². The van der Waals surface area contributed by atoms with E-state index in [1.54, 1.807) is 6.33 Å². The van der Waals surface area contributed by atoms with E-state index in [2.05, 4.69) is 59.3 Å². The molecule has 2 aliphatic heterocycles. The molecule has 1 aromatic carbocycles. The van der Waals surface area contributed by atoms with Crippen molar-refractivity contribution in [3.05, 3.63) is 40.9 Å². The molecule has 2 fully saturated rings. The lowest BCUT2D eigenvalue weighted by Crippen LogP contribution is -2.36. The van der Waals surface area contributed by atoms with Gasteiger partial charge in [0.05, 0.1) is 44.8 Å². The summed E-state index contributed by atoms with van der Waals surface area (Å²) < 4.78 is 12.9. The van der Waals surface area contributed by atoms with E-state index >= 15 is 0 Å². The fourth-order valence-corrected chi connectivity index (χ4v) is 9.84. The predicted molar refractivity (Wildman–Crippen MR) is 288 cm³/mol. The summed E-state index contributed by atoms with van der Waals surface area (Å²) in [6.45, 7) is 11.9. The first-order valence-corrected chi connectivity index (χ1v) is 28.4. The zero-order valence-corrected chi connectivity index (χ0v) is 47.1. The number of imidazole rings is 1. The van der Waals surface area contributed by atoms with E-state index in [-0.39, 0.29) is 140 Å². The lowest BCUT2D eigenvalue weighted by atomic mass is 9.93. The van der Waals surface area contributed by atoms with Crippen molar-refractivity contribution < 1.29 is 77.8 Å². The molecule has 6 N–H and O–H groups in total. The van der Waals surface area contributed by atoms with Gasteiger partial charge in [-0.3, -0.25) is 9.59 Å². The third-order valence-electron chi connectivity index (χ3n) is 12.3. The van der Waals surface area contributed by atoms with E-state index in [1.807, 2.05) is 34.5 Å². The largest absolute Gasteiger partial charge is 0.396 e. The molecule has 0 spiro atoms. The molecule has 4 atom stereocenters. The van der Waals surface area contributed by atoms with E-state index in [0.29, 0.717) is 66.6 Å². The molecule has 3 unspecified atom stereocenters. The van der Waals surface area contributed by atoms with Crippen molar-refractivity contribution in [1.29, 1.82) is 0 Å². The van der Waals surface area contributed by atoms with Gasteiger partial charge in [0.25, 0.3) is 0 Å². The zero-order chi connectivity index (χ0) is 55.6. The van der Waals surface area contributed by atoms with Gasteiger partial charge >= 0.3 is 6.03 Å². The van der Waals surface area contributed by atoms with E-state index in [9.17, 15) is 19.5 Å². The number of benzene rings is 1. The third kappa shape index (κ3) is 25.1. The molecule has 2 aliphatic rings. The average Bonchev–Trinajstić information content (AvgIpc) is 4.22. The Labute approximate surface area is 465 Å². The maximum atomic E-state index is 12.3. The van der Waals surface area contributed by atoms with Crippen LogP contribution >= 0.6 is 23.4 Å². The maximum Gasteiger partial charge on any atom is 0.315 e. The first-order valence-electron chi connectivity index (χ1n) is 27.0. The third-order valence-corrected chi connectivity index (χ3v) is 14.2. The van der Waals surface area contributed by atoms with Gasteiger partial charge in [-0.05, 0) is 75.5 Å². The second-order valence-electron chi connectivity index (χ2n) is 18.9. The molecule has 0 aliphatic carbocycles. The van der Waals surface area contributed by atoms with Gasteiger partial charge < -0.3 is 45.7 Å². The van der Waals surface area contributed by atoms with Crippen molar-refractivity contribution in [1.82, 2.24) is 40.8 Å². The van der Waals surface area contributed by atoms with Crippen LogP contribution in [0.3, 0.4) is 0 Å². The van der Waals surface area contributed by atoms with Crippen molar-refractivity contribution >= 4 is 63.9 Å². The van der Waals surface area contributed by atoms with Gasteiger partial charge in [0.15, 0.2) is 17.0 Å². The number of fused-ring (bicyclic) bond motifs is 2. The fourth-order valence-electron chi connectivity index (χ4n) is 8.03. The topological polar surface area (TPSA) is 286 Å². The number of amides is 4. The highest BCUT2D eigenvalue weighted by molar-refractivity contribution is 8.00. The van der Waals surface area contributed by atoms with Crippen LogP contribution in [0.4, 0.5) is 16.3 Å². The molecule has 2 saturated heterocycles. The molecule has 3 aromatic rings. The summed E-state index contributed by atoms with van der Waals surface area (Å²) in [6.07, 6.45) is 8.14. The number of nitrogens with zero attached hydrogens (tertiary/aromatic N) is 4. The number of hydrogen-bond acceptors (Lipinski definition) is 21. The standard InChI is InChI=1S/C51H82ClN9O16S/c1-36(2)39(33-62)31-44-58-49(48-50(59-44)61(35-55-48)37(3)4)56-40-13-12-38(41(52)32-40)9-7-8-15-53-46(64)14-17-66-19-21-68-70-23-25-72-74-27-29-76-77-30-28-75-73-26-24-71-69-22-20-67-18-16-54-45(63)11-6-5-10-43-47-42(34-78-43)57-51(65)60-47/h12-13,32,35-37,39,42-43,47,62H,5-11,14-31,33-34H2,1-4H3,(H,53,64)(H,54,63)(H,56,58,59)(H2,57,60,65)/t39-,42?,43?,47?/m0/s1. The highest BCUT2D eigenvalue weighted by atomic mass is 35.5. The van der Waals surface area contributed by atoms with Crippen molar-refractivity contribution in [2.75, 3.05) is 123 Å². The summed E-state index contributed by atoms with van der Waals surface area (Å²) in [5, 5.41) is 26.1.